The number of fused-ring (bicyclic) bond motifs is 6. The fourth-order valence-electron chi connectivity index (χ4n) is 4.57. The number of carbonyl (C=O) groups excluding carboxylic acids is 1. The Kier molecular flexibility index (Phi) is 3.32. The molecular formula is C21H21N2O3+. The van der Waals surface area contributed by atoms with Crippen molar-refractivity contribution in [1.29, 1.82) is 0 Å². The lowest BCUT2D eigenvalue weighted by Crippen LogP contribution is -2.53. The Labute approximate surface area is 151 Å². The highest BCUT2D eigenvalue weighted by molar-refractivity contribution is 6.07. The van der Waals surface area contributed by atoms with Crippen LogP contribution in [0.5, 0.6) is 0 Å². The predicted octanol–water partition coefficient (Wildman–Crippen LogP) is 2.87. The van der Waals surface area contributed by atoms with E-state index in [1.807, 2.05) is 6.07 Å². The van der Waals surface area contributed by atoms with Crippen molar-refractivity contribution >= 4 is 27.8 Å². The third-order valence-corrected chi connectivity index (χ3v) is 5.97. The summed E-state index contributed by atoms with van der Waals surface area (Å²) in [5, 5.41) is 2.46. The first-order chi connectivity index (χ1) is 12.7. The lowest BCUT2D eigenvalue weighted by molar-refractivity contribution is -0.717. The van der Waals surface area contributed by atoms with E-state index in [0.717, 1.165) is 24.0 Å². The Morgan fingerprint density at radius 1 is 1.27 bits per heavy atom. The molecule has 0 spiro atoms. The van der Waals surface area contributed by atoms with Crippen LogP contribution in [0.1, 0.15) is 12.6 Å². The number of ether oxygens (including phenoxy) is 2. The number of esters is 1. The van der Waals surface area contributed by atoms with Crippen molar-refractivity contribution in [3.8, 4) is 0 Å². The van der Waals surface area contributed by atoms with E-state index in [1.54, 1.807) is 6.26 Å². The second-order valence-electron chi connectivity index (χ2n) is 7.25. The number of hydrogen-bond acceptors (Lipinski definition) is 3. The Balaban J connectivity index is 1.68. The molecule has 0 bridgehead atoms. The molecule has 2 unspecified atom stereocenters. The zero-order chi connectivity index (χ0) is 17.8. The van der Waals surface area contributed by atoms with Gasteiger partial charge < -0.3 is 14.5 Å². The van der Waals surface area contributed by atoms with Crippen molar-refractivity contribution < 1.29 is 18.8 Å². The lowest BCUT2D eigenvalue weighted by atomic mass is 9.76. The number of nitrogens with one attached hydrogen (secondary N) is 1. The summed E-state index contributed by atoms with van der Waals surface area (Å²) < 4.78 is 13.0. The van der Waals surface area contributed by atoms with Crippen molar-refractivity contribution in [2.75, 3.05) is 7.11 Å². The molecule has 5 nitrogen and oxygen atoms in total. The highest BCUT2D eigenvalue weighted by Gasteiger charge is 2.45. The maximum atomic E-state index is 12.3. The molecule has 4 heterocycles. The molecule has 0 radical (unpaired) electrons. The topological polar surface area (TPSA) is 55.2 Å². The predicted molar refractivity (Wildman–Crippen MR) is 97.3 cm³/mol. The van der Waals surface area contributed by atoms with Gasteiger partial charge in [-0.15, -0.1) is 0 Å². The number of rotatable bonds is 1. The van der Waals surface area contributed by atoms with Gasteiger partial charge in [-0.25, -0.2) is 9.36 Å². The van der Waals surface area contributed by atoms with Crippen LogP contribution in [0.3, 0.4) is 0 Å². The molecule has 0 saturated carbocycles. The summed E-state index contributed by atoms with van der Waals surface area (Å²) in [4.78, 5) is 15.8. The SMILES string of the molecule is COC(=O)C1=CO[C@H](C)C2C[n+]3ccc4c([nH]c5ccccc54)c3CC12. The quantitative estimate of drug-likeness (QED) is 0.543. The molecule has 5 rings (SSSR count). The van der Waals surface area contributed by atoms with Gasteiger partial charge in [-0.05, 0) is 13.0 Å². The number of benzene rings is 1. The molecule has 1 aromatic carbocycles. The normalized spacial score (nSPS) is 24.5. The molecule has 26 heavy (non-hydrogen) atoms. The van der Waals surface area contributed by atoms with Gasteiger partial charge in [0.15, 0.2) is 12.7 Å². The minimum Gasteiger partial charge on any atom is -0.497 e. The first kappa shape index (κ1) is 15.4. The Morgan fingerprint density at radius 2 is 2.12 bits per heavy atom. The molecule has 2 aliphatic heterocycles. The molecule has 2 aromatic heterocycles. The van der Waals surface area contributed by atoms with Gasteiger partial charge in [-0.3, -0.25) is 0 Å². The maximum Gasteiger partial charge on any atom is 0.337 e. The molecule has 2 aliphatic rings. The first-order valence-corrected chi connectivity index (χ1v) is 9.03. The third kappa shape index (κ3) is 2.09. The van der Waals surface area contributed by atoms with Gasteiger partial charge in [-0.1, -0.05) is 18.2 Å². The van der Waals surface area contributed by atoms with Crippen molar-refractivity contribution in [3.05, 3.63) is 54.1 Å². The average molecular weight is 349 g/mol. The number of aromatic amines is 1. The van der Waals surface area contributed by atoms with E-state index in [1.165, 1.54) is 23.6 Å². The average Bonchev–Trinajstić information content (AvgIpc) is 3.06. The van der Waals surface area contributed by atoms with Gasteiger partial charge in [-0.2, -0.15) is 0 Å². The van der Waals surface area contributed by atoms with Crippen molar-refractivity contribution in [2.45, 2.75) is 26.0 Å². The summed E-state index contributed by atoms with van der Waals surface area (Å²) in [5.74, 6) is 0.0841. The van der Waals surface area contributed by atoms with E-state index < -0.39 is 0 Å². The number of para-hydroxylation sites is 1. The van der Waals surface area contributed by atoms with Crippen LogP contribution in [0.4, 0.5) is 0 Å². The molecule has 132 valence electrons. The van der Waals surface area contributed by atoms with Crippen LogP contribution in [-0.2, 0) is 27.2 Å². The van der Waals surface area contributed by atoms with Gasteiger partial charge in [0.1, 0.15) is 11.6 Å². The fraction of sp³-hybridized carbons (Fsp3) is 0.333. The molecular weight excluding hydrogens is 328 g/mol. The summed E-state index contributed by atoms with van der Waals surface area (Å²) in [7, 11) is 1.43. The number of hydrogen-bond donors (Lipinski definition) is 1. The molecule has 0 amide bonds. The smallest absolute Gasteiger partial charge is 0.337 e. The van der Waals surface area contributed by atoms with Gasteiger partial charge in [0, 0.05) is 34.7 Å². The van der Waals surface area contributed by atoms with Crippen LogP contribution in [-0.4, -0.2) is 24.2 Å². The molecule has 0 saturated heterocycles. The maximum absolute atomic E-state index is 12.3. The van der Waals surface area contributed by atoms with Crippen molar-refractivity contribution in [1.82, 2.24) is 4.98 Å². The first-order valence-electron chi connectivity index (χ1n) is 9.03. The highest BCUT2D eigenvalue weighted by atomic mass is 16.5. The van der Waals surface area contributed by atoms with Crippen LogP contribution < -0.4 is 4.57 Å². The largest absolute Gasteiger partial charge is 0.497 e. The molecule has 0 fully saturated rings. The summed E-state index contributed by atoms with van der Waals surface area (Å²) in [6, 6.07) is 10.5. The van der Waals surface area contributed by atoms with E-state index in [4.69, 9.17) is 9.47 Å². The van der Waals surface area contributed by atoms with Crippen LogP contribution in [0.2, 0.25) is 0 Å². The number of H-pyrrole nitrogens is 1. The lowest BCUT2D eigenvalue weighted by Gasteiger charge is -2.36. The van der Waals surface area contributed by atoms with Gasteiger partial charge in [0.25, 0.3) is 0 Å². The second-order valence-corrected chi connectivity index (χ2v) is 7.25. The van der Waals surface area contributed by atoms with Crippen LogP contribution >= 0.6 is 0 Å². The fourth-order valence-corrected chi connectivity index (χ4v) is 4.57. The molecule has 3 atom stereocenters. The van der Waals surface area contributed by atoms with Crippen LogP contribution in [0.25, 0.3) is 21.8 Å². The van der Waals surface area contributed by atoms with Crippen molar-refractivity contribution in [2.24, 2.45) is 11.8 Å². The molecule has 5 heteroatoms. The zero-order valence-corrected chi connectivity index (χ0v) is 14.9. The number of carbonyl (C=O) groups is 1. The summed E-state index contributed by atoms with van der Waals surface area (Å²) in [5.41, 5.74) is 4.19. The zero-order valence-electron chi connectivity index (χ0n) is 14.9. The number of aromatic nitrogens is 2. The third-order valence-electron chi connectivity index (χ3n) is 5.97. The Hall–Kier alpha value is -2.82. The van der Waals surface area contributed by atoms with Gasteiger partial charge in [0.2, 0.25) is 5.69 Å². The molecule has 3 aromatic rings. The number of methoxy groups -OCH3 is 1. The van der Waals surface area contributed by atoms with Crippen LogP contribution in [0.15, 0.2) is 48.4 Å². The van der Waals surface area contributed by atoms with E-state index in [2.05, 4.69) is 46.9 Å². The monoisotopic (exact) mass is 349 g/mol. The Bertz CT molecular complexity index is 1070. The van der Waals surface area contributed by atoms with Crippen molar-refractivity contribution in [3.63, 3.8) is 0 Å². The minimum absolute atomic E-state index is 0.0764. The molecule has 1 N–H and O–H groups in total. The highest BCUT2D eigenvalue weighted by Crippen LogP contribution is 2.38. The van der Waals surface area contributed by atoms with E-state index in [9.17, 15) is 4.79 Å². The summed E-state index contributed by atoms with van der Waals surface area (Å²) in [6.45, 7) is 2.91. The van der Waals surface area contributed by atoms with Crippen LogP contribution in [0, 0.1) is 11.8 Å². The standard InChI is InChI=1S/C21H20N2O3/c1-12-16-10-23-8-7-14-13-5-3-4-6-18(13)22-20(14)19(23)9-15(16)17(11-26-12)21(24)25-2/h3-8,11-12,15-16H,9-10H2,1-2H3/p+1/t12-,15?,16?/m1/s1. The Morgan fingerprint density at radius 3 is 2.96 bits per heavy atom. The number of pyridine rings is 1. The van der Waals surface area contributed by atoms with E-state index >= 15 is 0 Å². The summed E-state index contributed by atoms with van der Waals surface area (Å²) >= 11 is 0. The molecule has 0 aliphatic carbocycles. The van der Waals surface area contributed by atoms with E-state index in [-0.39, 0.29) is 23.9 Å². The van der Waals surface area contributed by atoms with Gasteiger partial charge in [0.05, 0.1) is 24.9 Å². The number of nitrogens with zero attached hydrogens (tertiary/aromatic N) is 1. The minimum atomic E-state index is -0.288. The van der Waals surface area contributed by atoms with Gasteiger partial charge >= 0.3 is 5.97 Å². The second kappa shape index (κ2) is 5.59. The summed E-state index contributed by atoms with van der Waals surface area (Å²) in [6.07, 6.45) is 4.64. The van der Waals surface area contributed by atoms with E-state index in [0.29, 0.717) is 5.57 Å².